The smallest absolute Gasteiger partial charge is 0.258 e. The molecule has 2 aliphatic rings. The normalized spacial score (nSPS) is 22.0. The first-order chi connectivity index (χ1) is 12.1. The van der Waals surface area contributed by atoms with Gasteiger partial charge in [-0.15, -0.1) is 0 Å². The molecule has 0 N–H and O–H groups in total. The van der Waals surface area contributed by atoms with Crippen molar-refractivity contribution in [3.05, 3.63) is 46.0 Å². The van der Waals surface area contributed by atoms with Gasteiger partial charge < -0.3 is 4.90 Å². The highest BCUT2D eigenvalue weighted by Crippen LogP contribution is 2.22. The molecule has 0 unspecified atom stereocenters. The fraction of sp³-hybridized carbons (Fsp3) is 0.526. The standard InChI is InChI=1S/C19H24N4O2/c1-14-6-9-23-17(10-14)20-15(11-19(23)25)12-21-7-2-4-16(13-21)22-8-3-5-18(22)24/h6,9-11,16H,2-5,7-8,12-13H2,1H3/t16-/m0/s1. The van der Waals surface area contributed by atoms with Crippen molar-refractivity contribution in [3.63, 3.8) is 0 Å². The van der Waals surface area contributed by atoms with Crippen molar-refractivity contribution in [3.8, 4) is 0 Å². The number of aryl methyl sites for hydroxylation is 1. The lowest BCUT2D eigenvalue weighted by molar-refractivity contribution is -0.130. The fourth-order valence-corrected chi connectivity index (χ4v) is 4.05. The van der Waals surface area contributed by atoms with Crippen LogP contribution in [0, 0.1) is 6.92 Å². The lowest BCUT2D eigenvalue weighted by Gasteiger charge is -2.37. The highest BCUT2D eigenvalue weighted by Gasteiger charge is 2.31. The molecule has 1 amide bonds. The summed E-state index contributed by atoms with van der Waals surface area (Å²) < 4.78 is 1.58. The number of aromatic nitrogens is 2. The molecule has 1 atom stereocenters. The van der Waals surface area contributed by atoms with E-state index >= 15 is 0 Å². The van der Waals surface area contributed by atoms with Gasteiger partial charge in [0.05, 0.1) is 5.69 Å². The maximum absolute atomic E-state index is 12.3. The van der Waals surface area contributed by atoms with E-state index in [0.717, 1.165) is 50.2 Å². The summed E-state index contributed by atoms with van der Waals surface area (Å²) in [5.74, 6) is 0.296. The second kappa shape index (κ2) is 6.59. The molecule has 6 nitrogen and oxygen atoms in total. The third-order valence-corrected chi connectivity index (χ3v) is 5.29. The molecule has 0 bridgehead atoms. The first-order valence-electron chi connectivity index (χ1n) is 9.11. The summed E-state index contributed by atoms with van der Waals surface area (Å²) in [4.78, 5) is 33.4. The van der Waals surface area contributed by atoms with Crippen LogP contribution >= 0.6 is 0 Å². The van der Waals surface area contributed by atoms with E-state index in [-0.39, 0.29) is 5.56 Å². The number of carbonyl (C=O) groups is 1. The van der Waals surface area contributed by atoms with Crippen LogP contribution in [0.4, 0.5) is 0 Å². The maximum Gasteiger partial charge on any atom is 0.258 e. The van der Waals surface area contributed by atoms with Crippen LogP contribution in [-0.2, 0) is 11.3 Å². The average molecular weight is 340 g/mol. The first-order valence-corrected chi connectivity index (χ1v) is 9.11. The molecule has 0 spiro atoms. The molecule has 0 aliphatic carbocycles. The molecule has 6 heteroatoms. The topological polar surface area (TPSA) is 57.9 Å². The van der Waals surface area contributed by atoms with Gasteiger partial charge in [0.1, 0.15) is 5.65 Å². The number of pyridine rings is 1. The third kappa shape index (κ3) is 3.31. The minimum Gasteiger partial charge on any atom is -0.338 e. The van der Waals surface area contributed by atoms with Crippen molar-refractivity contribution in [2.45, 2.75) is 45.2 Å². The molecule has 0 aromatic carbocycles. The van der Waals surface area contributed by atoms with Crippen LogP contribution in [0.5, 0.6) is 0 Å². The Morgan fingerprint density at radius 1 is 1.20 bits per heavy atom. The third-order valence-electron chi connectivity index (χ3n) is 5.29. The van der Waals surface area contributed by atoms with Crippen LogP contribution in [0.2, 0.25) is 0 Å². The Hall–Kier alpha value is -2.21. The minimum absolute atomic E-state index is 0.0386. The van der Waals surface area contributed by atoms with E-state index in [1.54, 1.807) is 16.7 Å². The van der Waals surface area contributed by atoms with Gasteiger partial charge in [0.15, 0.2) is 0 Å². The SMILES string of the molecule is Cc1ccn2c(=O)cc(CN3CCC[C@H](N4CCCC4=O)C3)nc2c1. The summed E-state index contributed by atoms with van der Waals surface area (Å²) in [7, 11) is 0. The van der Waals surface area contributed by atoms with E-state index in [2.05, 4.69) is 14.8 Å². The zero-order chi connectivity index (χ0) is 17.4. The molecular formula is C19H24N4O2. The molecule has 2 aliphatic heterocycles. The predicted molar refractivity (Wildman–Crippen MR) is 95.4 cm³/mol. The Kier molecular flexibility index (Phi) is 4.29. The Labute approximate surface area is 147 Å². The predicted octanol–water partition coefficient (Wildman–Crippen LogP) is 1.59. The van der Waals surface area contributed by atoms with Crippen LogP contribution in [0.15, 0.2) is 29.2 Å². The average Bonchev–Trinajstić information content (AvgIpc) is 3.01. The van der Waals surface area contributed by atoms with E-state index in [1.165, 1.54) is 0 Å². The van der Waals surface area contributed by atoms with Gasteiger partial charge in [-0.1, -0.05) is 0 Å². The molecule has 132 valence electrons. The minimum atomic E-state index is -0.0386. The highest BCUT2D eigenvalue weighted by molar-refractivity contribution is 5.78. The van der Waals surface area contributed by atoms with E-state index in [0.29, 0.717) is 30.6 Å². The molecule has 4 rings (SSSR count). The number of carbonyl (C=O) groups excluding carboxylic acids is 1. The van der Waals surface area contributed by atoms with Gasteiger partial charge in [0.25, 0.3) is 5.56 Å². The zero-order valence-corrected chi connectivity index (χ0v) is 14.6. The summed E-state index contributed by atoms with van der Waals surface area (Å²) >= 11 is 0. The highest BCUT2D eigenvalue weighted by atomic mass is 16.2. The molecule has 2 fully saturated rings. The number of piperidine rings is 1. The molecular weight excluding hydrogens is 316 g/mol. The summed E-state index contributed by atoms with van der Waals surface area (Å²) in [6, 6.07) is 5.80. The van der Waals surface area contributed by atoms with Crippen molar-refractivity contribution in [2.24, 2.45) is 0 Å². The Balaban J connectivity index is 1.52. The first kappa shape index (κ1) is 16.3. The Morgan fingerprint density at radius 3 is 2.88 bits per heavy atom. The summed E-state index contributed by atoms with van der Waals surface area (Å²) in [6.07, 6.45) is 5.62. The van der Waals surface area contributed by atoms with Gasteiger partial charge in [-0.3, -0.25) is 18.9 Å². The summed E-state index contributed by atoms with van der Waals surface area (Å²) in [5.41, 5.74) is 2.56. The molecule has 2 aromatic heterocycles. The van der Waals surface area contributed by atoms with Crippen LogP contribution in [0.3, 0.4) is 0 Å². The second-order valence-corrected chi connectivity index (χ2v) is 7.24. The summed E-state index contributed by atoms with van der Waals surface area (Å²) in [6.45, 7) is 5.43. The quantitative estimate of drug-likeness (QED) is 0.851. The van der Waals surface area contributed by atoms with Crippen LogP contribution in [-0.4, -0.2) is 50.8 Å². The van der Waals surface area contributed by atoms with Crippen LogP contribution in [0.1, 0.15) is 36.9 Å². The van der Waals surface area contributed by atoms with Crippen molar-refractivity contribution in [2.75, 3.05) is 19.6 Å². The number of hydrogen-bond donors (Lipinski definition) is 0. The van der Waals surface area contributed by atoms with Crippen molar-refractivity contribution >= 4 is 11.6 Å². The van der Waals surface area contributed by atoms with Crippen LogP contribution < -0.4 is 5.56 Å². The largest absolute Gasteiger partial charge is 0.338 e. The van der Waals surface area contributed by atoms with Gasteiger partial charge in [-0.25, -0.2) is 4.98 Å². The van der Waals surface area contributed by atoms with Crippen molar-refractivity contribution in [1.29, 1.82) is 0 Å². The maximum atomic E-state index is 12.3. The molecule has 0 radical (unpaired) electrons. The van der Waals surface area contributed by atoms with Gasteiger partial charge >= 0.3 is 0 Å². The summed E-state index contributed by atoms with van der Waals surface area (Å²) in [5, 5.41) is 0. The van der Waals surface area contributed by atoms with Crippen molar-refractivity contribution < 1.29 is 4.79 Å². The van der Waals surface area contributed by atoms with Gasteiger partial charge in [-0.05, 0) is 50.4 Å². The monoisotopic (exact) mass is 340 g/mol. The lowest BCUT2D eigenvalue weighted by atomic mass is 10.0. The number of likely N-dealkylation sites (tertiary alicyclic amines) is 2. The van der Waals surface area contributed by atoms with Crippen LogP contribution in [0.25, 0.3) is 5.65 Å². The molecule has 0 saturated carbocycles. The van der Waals surface area contributed by atoms with Gasteiger partial charge in [0.2, 0.25) is 5.91 Å². The molecule has 2 saturated heterocycles. The van der Waals surface area contributed by atoms with Crippen molar-refractivity contribution in [1.82, 2.24) is 19.2 Å². The van der Waals surface area contributed by atoms with E-state index in [4.69, 9.17) is 0 Å². The number of rotatable bonds is 3. The van der Waals surface area contributed by atoms with E-state index in [9.17, 15) is 9.59 Å². The van der Waals surface area contributed by atoms with Gasteiger partial charge in [-0.2, -0.15) is 0 Å². The zero-order valence-electron chi connectivity index (χ0n) is 14.6. The number of hydrogen-bond acceptors (Lipinski definition) is 4. The number of amides is 1. The van der Waals surface area contributed by atoms with E-state index in [1.807, 2.05) is 19.1 Å². The fourth-order valence-electron chi connectivity index (χ4n) is 4.05. The van der Waals surface area contributed by atoms with Gasteiger partial charge in [0, 0.05) is 44.4 Å². The lowest BCUT2D eigenvalue weighted by Crippen LogP contribution is -2.48. The number of nitrogens with zero attached hydrogens (tertiary/aromatic N) is 4. The molecule has 25 heavy (non-hydrogen) atoms. The molecule has 4 heterocycles. The second-order valence-electron chi connectivity index (χ2n) is 7.24. The Bertz CT molecular complexity index is 860. The molecule has 2 aromatic rings. The van der Waals surface area contributed by atoms with E-state index < -0.39 is 0 Å². The Morgan fingerprint density at radius 2 is 2.08 bits per heavy atom. The number of fused-ring (bicyclic) bond motifs is 1.